The van der Waals surface area contributed by atoms with E-state index in [9.17, 15) is 0 Å². The molecule has 1 aliphatic heterocycles. The Balaban J connectivity index is 2.16. The standard InChI is InChI=1S/C10H8BrNO2/c11-9-3-1-2-7(4-12)10(9)14-6-8-5-13-8/h1-3,8H,5-6H2. The number of nitrogens with zero attached hydrogens (tertiary/aromatic N) is 1. The Morgan fingerprint density at radius 1 is 1.64 bits per heavy atom. The van der Waals surface area contributed by atoms with Gasteiger partial charge in [-0.15, -0.1) is 0 Å². The molecule has 1 unspecified atom stereocenters. The summed E-state index contributed by atoms with van der Waals surface area (Å²) >= 11 is 3.34. The van der Waals surface area contributed by atoms with Gasteiger partial charge in [-0.05, 0) is 28.1 Å². The molecular formula is C10H8BrNO2. The number of para-hydroxylation sites is 1. The smallest absolute Gasteiger partial charge is 0.151 e. The van der Waals surface area contributed by atoms with Crippen LogP contribution in [0.25, 0.3) is 0 Å². The highest BCUT2D eigenvalue weighted by molar-refractivity contribution is 9.10. The van der Waals surface area contributed by atoms with Crippen LogP contribution in [0.4, 0.5) is 0 Å². The summed E-state index contributed by atoms with van der Waals surface area (Å²) in [5.41, 5.74) is 0.542. The Morgan fingerprint density at radius 3 is 3.07 bits per heavy atom. The zero-order valence-corrected chi connectivity index (χ0v) is 8.95. The lowest BCUT2D eigenvalue weighted by Gasteiger charge is -2.07. The summed E-state index contributed by atoms with van der Waals surface area (Å²) in [4.78, 5) is 0. The molecule has 1 aromatic rings. The highest BCUT2D eigenvalue weighted by Gasteiger charge is 2.24. The van der Waals surface area contributed by atoms with Crippen molar-refractivity contribution in [2.24, 2.45) is 0 Å². The minimum absolute atomic E-state index is 0.202. The topological polar surface area (TPSA) is 45.5 Å². The third-order valence-electron chi connectivity index (χ3n) is 1.90. The number of rotatable bonds is 3. The lowest BCUT2D eigenvalue weighted by Crippen LogP contribution is -2.05. The first kappa shape index (κ1) is 9.50. The first-order chi connectivity index (χ1) is 6.81. The van der Waals surface area contributed by atoms with Crippen molar-refractivity contribution in [1.82, 2.24) is 0 Å². The number of halogens is 1. The third kappa shape index (κ3) is 2.06. The summed E-state index contributed by atoms with van der Waals surface area (Å²) < 4.78 is 11.3. The third-order valence-corrected chi connectivity index (χ3v) is 2.53. The summed E-state index contributed by atoms with van der Waals surface area (Å²) in [7, 11) is 0. The molecule has 1 atom stereocenters. The number of hydrogen-bond acceptors (Lipinski definition) is 3. The molecule has 0 bridgehead atoms. The molecule has 1 fully saturated rings. The molecule has 3 nitrogen and oxygen atoms in total. The van der Waals surface area contributed by atoms with Crippen LogP contribution in [-0.4, -0.2) is 19.3 Å². The van der Waals surface area contributed by atoms with E-state index in [1.807, 2.05) is 12.1 Å². The van der Waals surface area contributed by atoms with Gasteiger partial charge in [0.2, 0.25) is 0 Å². The van der Waals surface area contributed by atoms with Gasteiger partial charge in [-0.3, -0.25) is 0 Å². The minimum Gasteiger partial charge on any atom is -0.488 e. The molecule has 1 aliphatic rings. The molecule has 2 rings (SSSR count). The van der Waals surface area contributed by atoms with E-state index < -0.39 is 0 Å². The highest BCUT2D eigenvalue weighted by Crippen LogP contribution is 2.29. The second kappa shape index (κ2) is 3.99. The highest BCUT2D eigenvalue weighted by atomic mass is 79.9. The maximum absolute atomic E-state index is 8.84. The van der Waals surface area contributed by atoms with Gasteiger partial charge in [0.25, 0.3) is 0 Å². The summed E-state index contributed by atoms with van der Waals surface area (Å²) in [6.45, 7) is 1.27. The van der Waals surface area contributed by atoms with Crippen molar-refractivity contribution in [3.63, 3.8) is 0 Å². The predicted octanol–water partition coefficient (Wildman–Crippen LogP) is 2.10. The van der Waals surface area contributed by atoms with Gasteiger partial charge in [-0.2, -0.15) is 5.26 Å². The number of nitriles is 1. The molecule has 0 radical (unpaired) electrons. The molecule has 4 heteroatoms. The minimum atomic E-state index is 0.202. The van der Waals surface area contributed by atoms with Crippen molar-refractivity contribution in [1.29, 1.82) is 5.26 Å². The molecule has 0 aliphatic carbocycles. The van der Waals surface area contributed by atoms with E-state index in [0.717, 1.165) is 11.1 Å². The maximum atomic E-state index is 8.84. The van der Waals surface area contributed by atoms with Crippen molar-refractivity contribution in [2.45, 2.75) is 6.10 Å². The normalized spacial score (nSPS) is 18.7. The van der Waals surface area contributed by atoms with Crippen LogP contribution < -0.4 is 4.74 Å². The predicted molar refractivity (Wildman–Crippen MR) is 54.1 cm³/mol. The van der Waals surface area contributed by atoms with Crippen LogP contribution in [0.5, 0.6) is 5.75 Å². The summed E-state index contributed by atoms with van der Waals surface area (Å²) in [6.07, 6.45) is 0.202. The summed E-state index contributed by atoms with van der Waals surface area (Å²) in [5, 5.41) is 8.84. The molecule has 1 aromatic carbocycles. The lowest BCUT2D eigenvalue weighted by atomic mass is 10.2. The van der Waals surface area contributed by atoms with Crippen molar-refractivity contribution in [3.8, 4) is 11.8 Å². The van der Waals surface area contributed by atoms with Crippen LogP contribution in [0.15, 0.2) is 22.7 Å². The number of benzene rings is 1. The Morgan fingerprint density at radius 2 is 2.43 bits per heavy atom. The van der Waals surface area contributed by atoms with Crippen LogP contribution in [-0.2, 0) is 4.74 Å². The Labute approximate surface area is 90.4 Å². The van der Waals surface area contributed by atoms with Gasteiger partial charge in [0.1, 0.15) is 18.8 Å². The van der Waals surface area contributed by atoms with Crippen LogP contribution in [0, 0.1) is 11.3 Å². The van der Waals surface area contributed by atoms with Crippen molar-refractivity contribution in [2.75, 3.05) is 13.2 Å². The molecule has 0 spiro atoms. The maximum Gasteiger partial charge on any atom is 0.151 e. The number of epoxide rings is 1. The molecule has 1 saturated heterocycles. The average Bonchev–Trinajstić information content (AvgIpc) is 2.99. The van der Waals surface area contributed by atoms with Gasteiger partial charge in [0.05, 0.1) is 16.6 Å². The summed E-state index contributed by atoms with van der Waals surface area (Å²) in [5.74, 6) is 0.602. The van der Waals surface area contributed by atoms with Crippen LogP contribution in [0.3, 0.4) is 0 Å². The van der Waals surface area contributed by atoms with Gasteiger partial charge >= 0.3 is 0 Å². The van der Waals surface area contributed by atoms with E-state index in [2.05, 4.69) is 22.0 Å². The zero-order valence-electron chi connectivity index (χ0n) is 7.37. The molecule has 72 valence electrons. The monoisotopic (exact) mass is 253 g/mol. The quantitative estimate of drug-likeness (QED) is 0.776. The Bertz CT molecular complexity index is 382. The molecular weight excluding hydrogens is 246 g/mol. The fraction of sp³-hybridized carbons (Fsp3) is 0.300. The van der Waals surface area contributed by atoms with Gasteiger partial charge in [-0.1, -0.05) is 6.07 Å². The Kier molecular flexibility index (Phi) is 2.71. The molecule has 1 heterocycles. The van der Waals surface area contributed by atoms with E-state index in [1.54, 1.807) is 6.07 Å². The van der Waals surface area contributed by atoms with Gasteiger partial charge in [0, 0.05) is 0 Å². The molecule has 14 heavy (non-hydrogen) atoms. The van der Waals surface area contributed by atoms with E-state index in [1.165, 1.54) is 0 Å². The van der Waals surface area contributed by atoms with Gasteiger partial charge in [0.15, 0.2) is 5.75 Å². The summed E-state index contributed by atoms with van der Waals surface area (Å²) in [6, 6.07) is 7.47. The molecule has 0 saturated carbocycles. The molecule has 0 N–H and O–H groups in total. The molecule has 0 amide bonds. The van der Waals surface area contributed by atoms with Crippen LogP contribution >= 0.6 is 15.9 Å². The van der Waals surface area contributed by atoms with Crippen molar-refractivity contribution >= 4 is 15.9 Å². The first-order valence-electron chi connectivity index (χ1n) is 4.24. The lowest BCUT2D eigenvalue weighted by molar-refractivity contribution is 0.261. The number of hydrogen-bond donors (Lipinski definition) is 0. The SMILES string of the molecule is N#Cc1cccc(Br)c1OCC1CO1. The van der Waals surface area contributed by atoms with Gasteiger partial charge in [-0.25, -0.2) is 0 Å². The first-order valence-corrected chi connectivity index (χ1v) is 5.03. The Hall–Kier alpha value is -1.05. The second-order valence-corrected chi connectivity index (χ2v) is 3.85. The van der Waals surface area contributed by atoms with E-state index in [0.29, 0.717) is 17.9 Å². The fourth-order valence-electron chi connectivity index (χ4n) is 1.08. The molecule has 0 aromatic heterocycles. The van der Waals surface area contributed by atoms with Crippen LogP contribution in [0.1, 0.15) is 5.56 Å². The van der Waals surface area contributed by atoms with Crippen LogP contribution in [0.2, 0.25) is 0 Å². The van der Waals surface area contributed by atoms with E-state index in [4.69, 9.17) is 14.7 Å². The average molecular weight is 254 g/mol. The van der Waals surface area contributed by atoms with Crippen molar-refractivity contribution in [3.05, 3.63) is 28.2 Å². The number of ether oxygens (including phenoxy) is 2. The van der Waals surface area contributed by atoms with E-state index >= 15 is 0 Å². The second-order valence-electron chi connectivity index (χ2n) is 2.99. The fourth-order valence-corrected chi connectivity index (χ4v) is 1.56. The van der Waals surface area contributed by atoms with E-state index in [-0.39, 0.29) is 6.10 Å². The van der Waals surface area contributed by atoms with Crippen molar-refractivity contribution < 1.29 is 9.47 Å². The van der Waals surface area contributed by atoms with Gasteiger partial charge < -0.3 is 9.47 Å². The largest absolute Gasteiger partial charge is 0.488 e. The zero-order chi connectivity index (χ0) is 9.97.